The van der Waals surface area contributed by atoms with E-state index in [1.807, 2.05) is 12.1 Å². The Labute approximate surface area is 104 Å². The lowest BCUT2D eigenvalue weighted by molar-refractivity contribution is -0.128. The molecule has 2 N–H and O–H groups in total. The Morgan fingerprint density at radius 3 is 2.44 bits per heavy atom. The molecule has 0 aromatic heterocycles. The fourth-order valence-corrected chi connectivity index (χ4v) is 2.15. The van der Waals surface area contributed by atoms with Gasteiger partial charge in [-0.05, 0) is 30.5 Å². The molecule has 0 bridgehead atoms. The molecule has 1 aliphatic carbocycles. The molecule has 1 saturated heterocycles. The van der Waals surface area contributed by atoms with Crippen molar-refractivity contribution in [2.75, 3.05) is 18.0 Å². The lowest BCUT2D eigenvalue weighted by Gasteiger charge is -2.26. The minimum absolute atomic E-state index is 0.0462. The number of nitrogens with one attached hydrogen (secondary N) is 1. The number of aliphatic hydroxyl groups is 1. The molecule has 0 radical (unpaired) electrons. The van der Waals surface area contributed by atoms with Gasteiger partial charge in [-0.1, -0.05) is 12.1 Å². The van der Waals surface area contributed by atoms with Crippen molar-refractivity contribution >= 4 is 17.5 Å². The van der Waals surface area contributed by atoms with Gasteiger partial charge in [0.2, 0.25) is 11.8 Å². The van der Waals surface area contributed by atoms with Crippen molar-refractivity contribution < 1.29 is 14.7 Å². The third-order valence-corrected chi connectivity index (χ3v) is 3.48. The van der Waals surface area contributed by atoms with Crippen LogP contribution in [0.15, 0.2) is 24.3 Å². The van der Waals surface area contributed by atoms with Crippen molar-refractivity contribution in [3.63, 3.8) is 0 Å². The highest BCUT2D eigenvalue weighted by atomic mass is 16.3. The third kappa shape index (κ3) is 1.86. The summed E-state index contributed by atoms with van der Waals surface area (Å²) in [4.78, 5) is 24.4. The van der Waals surface area contributed by atoms with E-state index in [1.165, 1.54) is 4.90 Å². The van der Waals surface area contributed by atoms with Crippen LogP contribution < -0.4 is 10.2 Å². The Morgan fingerprint density at radius 2 is 1.83 bits per heavy atom. The molecule has 1 saturated carbocycles. The van der Waals surface area contributed by atoms with Crippen molar-refractivity contribution in [2.45, 2.75) is 18.4 Å². The van der Waals surface area contributed by atoms with Crippen LogP contribution in [0.5, 0.6) is 0 Å². The number of benzene rings is 1. The highest BCUT2D eigenvalue weighted by molar-refractivity contribution is 6.04. The second-order valence-corrected chi connectivity index (χ2v) is 4.84. The van der Waals surface area contributed by atoms with Crippen LogP contribution in [0.4, 0.5) is 5.69 Å². The molecule has 0 atom stereocenters. The van der Waals surface area contributed by atoms with E-state index in [4.69, 9.17) is 0 Å². The summed E-state index contributed by atoms with van der Waals surface area (Å²) in [5.74, 6) is -0.271. The predicted molar refractivity (Wildman–Crippen MR) is 64.9 cm³/mol. The quantitative estimate of drug-likeness (QED) is 0.779. The van der Waals surface area contributed by atoms with Gasteiger partial charge in [0.15, 0.2) is 0 Å². The number of rotatable bonds is 2. The zero-order valence-corrected chi connectivity index (χ0v) is 9.85. The second kappa shape index (κ2) is 3.81. The topological polar surface area (TPSA) is 69.6 Å². The van der Waals surface area contributed by atoms with Crippen LogP contribution in [0.25, 0.3) is 0 Å². The maximum absolute atomic E-state index is 11.7. The highest BCUT2D eigenvalue weighted by Gasteiger charge is 2.42. The second-order valence-electron chi connectivity index (χ2n) is 4.84. The van der Waals surface area contributed by atoms with E-state index >= 15 is 0 Å². The number of amides is 2. The molecule has 1 aliphatic heterocycles. The minimum atomic E-state index is -0.665. The molecule has 2 fully saturated rings. The van der Waals surface area contributed by atoms with E-state index in [2.05, 4.69) is 5.32 Å². The largest absolute Gasteiger partial charge is 0.385 e. The monoisotopic (exact) mass is 246 g/mol. The Balaban J connectivity index is 1.83. The number of nitrogens with zero attached hydrogens (tertiary/aromatic N) is 1. The van der Waals surface area contributed by atoms with E-state index < -0.39 is 5.60 Å². The first-order valence-corrected chi connectivity index (χ1v) is 5.98. The van der Waals surface area contributed by atoms with Gasteiger partial charge in [0, 0.05) is 5.69 Å². The summed E-state index contributed by atoms with van der Waals surface area (Å²) in [7, 11) is 0. The molecule has 5 nitrogen and oxygen atoms in total. The average molecular weight is 246 g/mol. The number of piperazine rings is 1. The summed E-state index contributed by atoms with van der Waals surface area (Å²) in [5, 5.41) is 12.5. The van der Waals surface area contributed by atoms with Crippen molar-refractivity contribution in [3.8, 4) is 0 Å². The van der Waals surface area contributed by atoms with Crippen molar-refractivity contribution in [1.29, 1.82) is 0 Å². The molecule has 1 aromatic rings. The van der Waals surface area contributed by atoms with Crippen LogP contribution >= 0.6 is 0 Å². The van der Waals surface area contributed by atoms with Crippen LogP contribution in [0.1, 0.15) is 18.4 Å². The van der Waals surface area contributed by atoms with E-state index in [0.717, 1.165) is 18.4 Å². The van der Waals surface area contributed by atoms with E-state index in [1.54, 1.807) is 12.1 Å². The average Bonchev–Trinajstić information content (AvgIpc) is 3.12. The molecule has 5 heteroatoms. The Bertz CT molecular complexity index is 505. The zero-order chi connectivity index (χ0) is 12.8. The molecule has 1 aromatic carbocycles. The van der Waals surface area contributed by atoms with E-state index in [9.17, 15) is 14.7 Å². The van der Waals surface area contributed by atoms with Gasteiger partial charge in [-0.15, -0.1) is 0 Å². The van der Waals surface area contributed by atoms with Gasteiger partial charge in [0.05, 0.1) is 12.1 Å². The van der Waals surface area contributed by atoms with E-state index in [-0.39, 0.29) is 24.9 Å². The lowest BCUT2D eigenvalue weighted by Crippen LogP contribution is -2.51. The van der Waals surface area contributed by atoms with E-state index in [0.29, 0.717) is 5.69 Å². The van der Waals surface area contributed by atoms with Crippen LogP contribution in [0, 0.1) is 0 Å². The van der Waals surface area contributed by atoms with Gasteiger partial charge in [0.1, 0.15) is 6.54 Å². The summed E-state index contributed by atoms with van der Waals surface area (Å²) >= 11 is 0. The maximum atomic E-state index is 11.7. The molecular formula is C13H14N2O3. The summed E-state index contributed by atoms with van der Waals surface area (Å²) in [6.45, 7) is 0.104. The molecule has 0 spiro atoms. The van der Waals surface area contributed by atoms with Crippen molar-refractivity contribution in [3.05, 3.63) is 29.8 Å². The molecule has 2 aliphatic rings. The summed E-state index contributed by atoms with van der Waals surface area (Å²) < 4.78 is 0. The molecule has 94 valence electrons. The Hall–Kier alpha value is -1.88. The van der Waals surface area contributed by atoms with Gasteiger partial charge in [-0.25, -0.2) is 0 Å². The zero-order valence-electron chi connectivity index (χ0n) is 9.85. The normalized spacial score (nSPS) is 21.7. The van der Waals surface area contributed by atoms with Gasteiger partial charge in [-0.3, -0.25) is 9.59 Å². The fourth-order valence-electron chi connectivity index (χ4n) is 2.15. The molecule has 1 heterocycles. The SMILES string of the molecule is O=C1CN(c2ccc(C3(O)CC3)cc2)C(=O)CN1. The summed E-state index contributed by atoms with van der Waals surface area (Å²) in [6.07, 6.45) is 1.58. The van der Waals surface area contributed by atoms with Gasteiger partial charge < -0.3 is 15.3 Å². The Kier molecular flexibility index (Phi) is 2.38. The predicted octanol–water partition coefficient (Wildman–Crippen LogP) is 0.131. The number of hydrogen-bond acceptors (Lipinski definition) is 3. The molecule has 18 heavy (non-hydrogen) atoms. The molecule has 2 amide bonds. The smallest absolute Gasteiger partial charge is 0.246 e. The summed E-state index contributed by atoms with van der Waals surface area (Å²) in [6, 6.07) is 7.20. The first-order valence-electron chi connectivity index (χ1n) is 5.98. The summed E-state index contributed by atoms with van der Waals surface area (Å²) in [5.41, 5.74) is 0.907. The van der Waals surface area contributed by atoms with Crippen molar-refractivity contribution in [1.82, 2.24) is 5.32 Å². The lowest BCUT2D eigenvalue weighted by atomic mass is 10.1. The molecular weight excluding hydrogens is 232 g/mol. The molecule has 0 unspecified atom stereocenters. The number of hydrogen-bond donors (Lipinski definition) is 2. The van der Waals surface area contributed by atoms with Crippen LogP contribution in [0.3, 0.4) is 0 Å². The van der Waals surface area contributed by atoms with Crippen LogP contribution in [0.2, 0.25) is 0 Å². The number of carbonyl (C=O) groups excluding carboxylic acids is 2. The van der Waals surface area contributed by atoms with Gasteiger partial charge in [-0.2, -0.15) is 0 Å². The minimum Gasteiger partial charge on any atom is -0.385 e. The van der Waals surface area contributed by atoms with Crippen molar-refractivity contribution in [2.24, 2.45) is 0 Å². The standard InChI is InChI=1S/C13H14N2O3/c16-11-8-15(12(17)7-14-11)10-3-1-9(2-4-10)13(18)5-6-13/h1-4,18H,5-8H2,(H,14,16). The number of anilines is 1. The number of carbonyl (C=O) groups is 2. The Morgan fingerprint density at radius 1 is 1.17 bits per heavy atom. The maximum Gasteiger partial charge on any atom is 0.246 e. The van der Waals surface area contributed by atoms with Gasteiger partial charge >= 0.3 is 0 Å². The van der Waals surface area contributed by atoms with Crippen LogP contribution in [-0.4, -0.2) is 30.0 Å². The highest BCUT2D eigenvalue weighted by Crippen LogP contribution is 2.45. The van der Waals surface area contributed by atoms with Crippen LogP contribution in [-0.2, 0) is 15.2 Å². The molecule has 3 rings (SSSR count). The third-order valence-electron chi connectivity index (χ3n) is 3.48. The van der Waals surface area contributed by atoms with Gasteiger partial charge in [0.25, 0.3) is 0 Å². The fraction of sp³-hybridized carbons (Fsp3) is 0.385. The first-order chi connectivity index (χ1) is 8.58. The first kappa shape index (κ1) is 11.2.